The van der Waals surface area contributed by atoms with Gasteiger partial charge in [0.25, 0.3) is 0 Å². The van der Waals surface area contributed by atoms with Crippen molar-refractivity contribution in [3.8, 4) is 0 Å². The molecule has 0 saturated heterocycles. The highest BCUT2D eigenvalue weighted by Crippen LogP contribution is 2.14. The molecule has 15 heavy (non-hydrogen) atoms. The van der Waals surface area contributed by atoms with Gasteiger partial charge >= 0.3 is 0 Å². The number of ether oxygens (including phenoxy) is 1. The zero-order valence-electron chi connectivity index (χ0n) is 8.79. The van der Waals surface area contributed by atoms with E-state index < -0.39 is 0 Å². The highest BCUT2D eigenvalue weighted by Gasteiger charge is 2.08. The lowest BCUT2D eigenvalue weighted by Crippen LogP contribution is -2.01. The molecule has 0 aliphatic heterocycles. The van der Waals surface area contributed by atoms with Gasteiger partial charge in [-0.2, -0.15) is 0 Å². The minimum absolute atomic E-state index is 0.00949. The average molecular weight is 269 g/mol. The third kappa shape index (κ3) is 3.51. The van der Waals surface area contributed by atoms with Crippen molar-refractivity contribution in [2.75, 3.05) is 6.61 Å². The first-order chi connectivity index (χ1) is 7.15. The van der Waals surface area contributed by atoms with E-state index in [0.717, 1.165) is 4.47 Å². The number of ketones is 1. The Morgan fingerprint density at radius 1 is 1.53 bits per heavy atom. The Hall–Kier alpha value is -1.09. The van der Waals surface area contributed by atoms with Crippen molar-refractivity contribution in [1.29, 1.82) is 0 Å². The molecule has 0 aromatic heterocycles. The second-order valence-electron chi connectivity index (χ2n) is 3.10. The minimum Gasteiger partial charge on any atom is -0.501 e. The van der Waals surface area contributed by atoms with E-state index in [1.165, 1.54) is 6.26 Å². The predicted molar refractivity (Wildman–Crippen MR) is 63.9 cm³/mol. The van der Waals surface area contributed by atoms with E-state index in [4.69, 9.17) is 4.74 Å². The van der Waals surface area contributed by atoms with Crippen molar-refractivity contribution in [1.82, 2.24) is 0 Å². The summed E-state index contributed by atoms with van der Waals surface area (Å²) in [6.07, 6.45) is 1.50. The number of carbonyl (C=O) groups excluding carboxylic acids is 1. The molecule has 1 aromatic carbocycles. The number of hydrogen-bond acceptors (Lipinski definition) is 2. The second-order valence-corrected chi connectivity index (χ2v) is 4.01. The van der Waals surface area contributed by atoms with Crippen LogP contribution in [0.25, 0.3) is 0 Å². The number of Topliss-reactive ketones (excluding diaryl/α,β-unsaturated/α-hetero) is 1. The molecule has 1 aromatic rings. The summed E-state index contributed by atoms with van der Waals surface area (Å²) >= 11 is 3.33. The first-order valence-electron chi connectivity index (χ1n) is 4.73. The van der Waals surface area contributed by atoms with Gasteiger partial charge in [0.2, 0.25) is 0 Å². The molecule has 0 fully saturated rings. The number of carbonyl (C=O) groups is 1. The summed E-state index contributed by atoms with van der Waals surface area (Å²) in [4.78, 5) is 11.8. The monoisotopic (exact) mass is 268 g/mol. The molecule has 0 unspecified atom stereocenters. The van der Waals surface area contributed by atoms with Crippen LogP contribution < -0.4 is 0 Å². The van der Waals surface area contributed by atoms with Crippen LogP contribution in [-0.4, -0.2) is 12.4 Å². The van der Waals surface area contributed by atoms with Crippen LogP contribution in [-0.2, 0) is 4.74 Å². The predicted octanol–water partition coefficient (Wildman–Crippen LogP) is 3.57. The Kier molecular flexibility index (Phi) is 4.56. The van der Waals surface area contributed by atoms with Crippen molar-refractivity contribution < 1.29 is 9.53 Å². The van der Waals surface area contributed by atoms with Crippen LogP contribution in [0.1, 0.15) is 24.2 Å². The molecule has 1 rings (SSSR count). The summed E-state index contributed by atoms with van der Waals surface area (Å²) in [5.41, 5.74) is 1.27. The van der Waals surface area contributed by atoms with E-state index in [9.17, 15) is 4.79 Å². The van der Waals surface area contributed by atoms with Gasteiger partial charge in [-0.05, 0) is 26.0 Å². The number of hydrogen-bond donors (Lipinski definition) is 0. The van der Waals surface area contributed by atoms with Gasteiger partial charge in [-0.3, -0.25) is 4.79 Å². The largest absolute Gasteiger partial charge is 0.501 e. The fraction of sp³-hybridized carbons (Fsp3) is 0.250. The van der Waals surface area contributed by atoms with Crippen LogP contribution in [0.5, 0.6) is 0 Å². The zero-order chi connectivity index (χ0) is 11.3. The van der Waals surface area contributed by atoms with E-state index >= 15 is 0 Å². The maximum absolute atomic E-state index is 11.8. The highest BCUT2D eigenvalue weighted by atomic mass is 79.9. The van der Waals surface area contributed by atoms with Gasteiger partial charge in [0.05, 0.1) is 12.9 Å². The fourth-order valence-corrected chi connectivity index (χ4v) is 1.52. The molecule has 0 saturated carbocycles. The number of benzene rings is 1. The molecule has 0 N–H and O–H groups in total. The van der Waals surface area contributed by atoms with Crippen LogP contribution in [0.2, 0.25) is 0 Å². The highest BCUT2D eigenvalue weighted by molar-refractivity contribution is 9.10. The van der Waals surface area contributed by atoms with Crippen LogP contribution >= 0.6 is 15.9 Å². The standard InChI is InChI=1S/C12H13BrO2/c1-3-15-8-9(2)12(14)10-5-4-6-11(13)7-10/h4-8H,3H2,1-2H3/b9-8+. The Balaban J connectivity index is 2.85. The quantitative estimate of drug-likeness (QED) is 0.474. The summed E-state index contributed by atoms with van der Waals surface area (Å²) in [7, 11) is 0. The molecule has 0 atom stereocenters. The first kappa shape index (κ1) is 12.0. The van der Waals surface area contributed by atoms with Crippen LogP contribution in [0.15, 0.2) is 40.6 Å². The molecule has 3 heteroatoms. The second kappa shape index (κ2) is 5.71. The summed E-state index contributed by atoms with van der Waals surface area (Å²) in [6.45, 7) is 4.20. The Morgan fingerprint density at radius 2 is 2.27 bits per heavy atom. The Labute approximate surface area is 98.1 Å². The molecule has 0 aliphatic carbocycles. The molecule has 0 spiro atoms. The fourth-order valence-electron chi connectivity index (χ4n) is 1.12. The van der Waals surface area contributed by atoms with Gasteiger partial charge in [0.1, 0.15) is 0 Å². The van der Waals surface area contributed by atoms with Crippen molar-refractivity contribution >= 4 is 21.7 Å². The lowest BCUT2D eigenvalue weighted by Gasteiger charge is -2.02. The summed E-state index contributed by atoms with van der Waals surface area (Å²) < 4.78 is 5.97. The lowest BCUT2D eigenvalue weighted by molar-refractivity contribution is 0.102. The maximum Gasteiger partial charge on any atom is 0.191 e. The van der Waals surface area contributed by atoms with Crippen LogP contribution in [0.4, 0.5) is 0 Å². The number of allylic oxidation sites excluding steroid dienone is 1. The van der Waals surface area contributed by atoms with Gasteiger partial charge in [-0.25, -0.2) is 0 Å². The maximum atomic E-state index is 11.8. The number of halogens is 1. The van der Waals surface area contributed by atoms with Gasteiger partial charge in [-0.1, -0.05) is 28.1 Å². The SMILES string of the molecule is CCO/C=C(\C)C(=O)c1cccc(Br)c1. The molecule has 0 radical (unpaired) electrons. The van der Waals surface area contributed by atoms with E-state index in [2.05, 4.69) is 15.9 Å². The summed E-state index contributed by atoms with van der Waals surface area (Å²) in [6, 6.07) is 7.31. The average Bonchev–Trinajstić information content (AvgIpc) is 2.24. The van der Waals surface area contributed by atoms with E-state index in [1.807, 2.05) is 19.1 Å². The van der Waals surface area contributed by atoms with Gasteiger partial charge in [0.15, 0.2) is 5.78 Å². The van der Waals surface area contributed by atoms with Crippen molar-refractivity contribution in [3.63, 3.8) is 0 Å². The van der Waals surface area contributed by atoms with Crippen molar-refractivity contribution in [2.45, 2.75) is 13.8 Å². The smallest absolute Gasteiger partial charge is 0.191 e. The van der Waals surface area contributed by atoms with E-state index in [1.54, 1.807) is 19.1 Å². The third-order valence-corrected chi connectivity index (χ3v) is 2.36. The molecule has 80 valence electrons. The Morgan fingerprint density at radius 3 is 2.87 bits per heavy atom. The lowest BCUT2D eigenvalue weighted by atomic mass is 10.1. The molecule has 0 amide bonds. The van der Waals surface area contributed by atoms with Crippen LogP contribution in [0, 0.1) is 0 Å². The molecule has 2 nitrogen and oxygen atoms in total. The molecule has 0 bridgehead atoms. The zero-order valence-corrected chi connectivity index (χ0v) is 10.4. The van der Waals surface area contributed by atoms with Gasteiger partial charge in [0, 0.05) is 15.6 Å². The summed E-state index contributed by atoms with van der Waals surface area (Å²) in [5.74, 6) is -0.00949. The van der Waals surface area contributed by atoms with Crippen molar-refractivity contribution in [2.24, 2.45) is 0 Å². The molecular weight excluding hydrogens is 256 g/mol. The van der Waals surface area contributed by atoms with Crippen LogP contribution in [0.3, 0.4) is 0 Å². The first-order valence-corrected chi connectivity index (χ1v) is 5.53. The van der Waals surface area contributed by atoms with Gasteiger partial charge < -0.3 is 4.74 Å². The molecule has 0 heterocycles. The third-order valence-electron chi connectivity index (χ3n) is 1.87. The minimum atomic E-state index is -0.00949. The molecule has 0 aliphatic rings. The van der Waals surface area contributed by atoms with E-state index in [-0.39, 0.29) is 5.78 Å². The number of rotatable bonds is 4. The topological polar surface area (TPSA) is 26.3 Å². The van der Waals surface area contributed by atoms with E-state index in [0.29, 0.717) is 17.7 Å². The summed E-state index contributed by atoms with van der Waals surface area (Å²) in [5, 5.41) is 0. The van der Waals surface area contributed by atoms with Crippen molar-refractivity contribution in [3.05, 3.63) is 46.1 Å². The molecular formula is C12H13BrO2. The van der Waals surface area contributed by atoms with Gasteiger partial charge in [-0.15, -0.1) is 0 Å². The normalized spacial score (nSPS) is 11.3. The Bertz CT molecular complexity index is 383.